The van der Waals surface area contributed by atoms with Gasteiger partial charge in [0.15, 0.2) is 5.78 Å². The molecule has 0 spiro atoms. The molecule has 0 saturated heterocycles. The van der Waals surface area contributed by atoms with Crippen molar-refractivity contribution in [2.75, 3.05) is 0 Å². The number of hydrogen-bond acceptors (Lipinski definition) is 4. The van der Waals surface area contributed by atoms with Crippen molar-refractivity contribution in [3.8, 4) is 0 Å². The van der Waals surface area contributed by atoms with E-state index in [1.165, 1.54) is 0 Å². The van der Waals surface area contributed by atoms with Gasteiger partial charge in [0.05, 0.1) is 29.4 Å². The van der Waals surface area contributed by atoms with Crippen LogP contribution in [0.1, 0.15) is 48.4 Å². The Morgan fingerprint density at radius 3 is 2.79 bits per heavy atom. The molecule has 4 heteroatoms. The second kappa shape index (κ2) is 3.70. The largest absolute Gasteiger partial charge is 0.468 e. The van der Waals surface area contributed by atoms with Gasteiger partial charge in [0.1, 0.15) is 5.76 Å². The molecule has 1 aromatic rings. The molecule has 3 rings (SSSR count). The Bertz CT molecular complexity index is 542. The minimum absolute atomic E-state index is 0.0845. The van der Waals surface area contributed by atoms with Crippen LogP contribution in [0.2, 0.25) is 0 Å². The molecule has 0 radical (unpaired) electrons. The maximum atomic E-state index is 12.8. The van der Waals surface area contributed by atoms with Crippen molar-refractivity contribution in [3.63, 3.8) is 0 Å². The van der Waals surface area contributed by atoms with Crippen LogP contribution in [-0.4, -0.2) is 27.7 Å². The fourth-order valence-corrected chi connectivity index (χ4v) is 4.06. The van der Waals surface area contributed by atoms with Gasteiger partial charge in [-0.3, -0.25) is 4.79 Å². The predicted molar refractivity (Wildman–Crippen MR) is 68.9 cm³/mol. The van der Waals surface area contributed by atoms with E-state index < -0.39 is 23.0 Å². The number of fused-ring (bicyclic) bond motifs is 2. The van der Waals surface area contributed by atoms with Crippen molar-refractivity contribution in [1.82, 2.24) is 0 Å². The summed E-state index contributed by atoms with van der Waals surface area (Å²) in [6.45, 7) is 5.44. The summed E-state index contributed by atoms with van der Waals surface area (Å²) >= 11 is 0. The lowest BCUT2D eigenvalue weighted by atomic mass is 9.53. The standard InChI is InChI=1S/C15H20O4/c1-8-7-19-9-6-14(2)10(16)4-5-15(3,18)13(14)12(17)11(8)9/h7,10,13,16,18H,4-6H2,1-3H3/t10-,13+,14+,15-/m0/s1. The third kappa shape index (κ3) is 1.56. The van der Waals surface area contributed by atoms with Crippen molar-refractivity contribution < 1.29 is 19.4 Å². The van der Waals surface area contributed by atoms with E-state index in [9.17, 15) is 15.0 Å². The van der Waals surface area contributed by atoms with E-state index >= 15 is 0 Å². The molecular formula is C15H20O4. The number of carbonyl (C=O) groups is 1. The summed E-state index contributed by atoms with van der Waals surface area (Å²) in [6.07, 6.45) is 2.48. The quantitative estimate of drug-likeness (QED) is 0.750. The summed E-state index contributed by atoms with van der Waals surface area (Å²) in [5, 5.41) is 21.0. The highest BCUT2D eigenvalue weighted by Gasteiger charge is 2.59. The zero-order chi connectivity index (χ0) is 14.0. The molecule has 1 fully saturated rings. The zero-order valence-electron chi connectivity index (χ0n) is 11.6. The highest BCUT2D eigenvalue weighted by atomic mass is 16.3. The molecule has 0 unspecified atom stereocenters. The molecule has 4 nitrogen and oxygen atoms in total. The van der Waals surface area contributed by atoms with Gasteiger partial charge in [0, 0.05) is 11.8 Å². The lowest BCUT2D eigenvalue weighted by Crippen LogP contribution is -2.60. The van der Waals surface area contributed by atoms with Crippen molar-refractivity contribution in [2.45, 2.75) is 51.7 Å². The number of aliphatic hydroxyl groups excluding tert-OH is 1. The molecule has 4 atom stereocenters. The van der Waals surface area contributed by atoms with Crippen molar-refractivity contribution in [2.24, 2.45) is 11.3 Å². The van der Waals surface area contributed by atoms with Crippen LogP contribution < -0.4 is 0 Å². The van der Waals surface area contributed by atoms with Gasteiger partial charge in [-0.15, -0.1) is 0 Å². The second-order valence-corrected chi connectivity index (χ2v) is 6.61. The van der Waals surface area contributed by atoms with Gasteiger partial charge in [-0.1, -0.05) is 6.92 Å². The number of carbonyl (C=O) groups excluding carboxylic acids is 1. The van der Waals surface area contributed by atoms with Gasteiger partial charge in [-0.05, 0) is 32.3 Å². The van der Waals surface area contributed by atoms with Crippen LogP contribution in [0.4, 0.5) is 0 Å². The lowest BCUT2D eigenvalue weighted by Gasteiger charge is -2.53. The Hall–Kier alpha value is -1.13. The van der Waals surface area contributed by atoms with E-state index in [2.05, 4.69) is 0 Å². The Kier molecular flexibility index (Phi) is 2.51. The number of aliphatic hydroxyl groups is 2. The third-order valence-electron chi connectivity index (χ3n) is 5.07. The molecule has 0 bridgehead atoms. The summed E-state index contributed by atoms with van der Waals surface area (Å²) in [4.78, 5) is 12.8. The third-order valence-corrected chi connectivity index (χ3v) is 5.07. The summed E-state index contributed by atoms with van der Waals surface area (Å²) in [5.74, 6) is 0.00398. The Morgan fingerprint density at radius 2 is 2.11 bits per heavy atom. The monoisotopic (exact) mass is 264 g/mol. The van der Waals surface area contributed by atoms with Gasteiger partial charge in [0.25, 0.3) is 0 Å². The van der Waals surface area contributed by atoms with Gasteiger partial charge in [0.2, 0.25) is 0 Å². The van der Waals surface area contributed by atoms with E-state index in [1.54, 1.807) is 13.2 Å². The number of furan rings is 1. The maximum Gasteiger partial charge on any atom is 0.173 e. The summed E-state index contributed by atoms with van der Waals surface area (Å²) in [5.41, 5.74) is -0.280. The fourth-order valence-electron chi connectivity index (χ4n) is 4.06. The van der Waals surface area contributed by atoms with Crippen LogP contribution in [0.3, 0.4) is 0 Å². The van der Waals surface area contributed by atoms with Crippen molar-refractivity contribution in [3.05, 3.63) is 23.2 Å². The normalized spacial score (nSPS) is 41.8. The van der Waals surface area contributed by atoms with E-state index in [1.807, 2.05) is 13.8 Å². The molecule has 2 aliphatic carbocycles. The average molecular weight is 264 g/mol. The van der Waals surface area contributed by atoms with Crippen LogP contribution in [0.5, 0.6) is 0 Å². The second-order valence-electron chi connectivity index (χ2n) is 6.61. The molecule has 0 amide bonds. The summed E-state index contributed by atoms with van der Waals surface area (Å²) < 4.78 is 5.47. The van der Waals surface area contributed by atoms with Crippen LogP contribution in [0.15, 0.2) is 10.7 Å². The molecule has 19 heavy (non-hydrogen) atoms. The first-order chi connectivity index (χ1) is 8.77. The number of aryl methyl sites for hydroxylation is 1. The van der Waals surface area contributed by atoms with Crippen LogP contribution in [0, 0.1) is 18.3 Å². The maximum absolute atomic E-state index is 12.8. The number of ketones is 1. The minimum Gasteiger partial charge on any atom is -0.468 e. The van der Waals surface area contributed by atoms with Crippen molar-refractivity contribution in [1.29, 1.82) is 0 Å². The Morgan fingerprint density at radius 1 is 1.42 bits per heavy atom. The topological polar surface area (TPSA) is 70.7 Å². The van der Waals surface area contributed by atoms with E-state index in [0.717, 1.165) is 5.56 Å². The van der Waals surface area contributed by atoms with Crippen LogP contribution in [-0.2, 0) is 6.42 Å². The highest BCUT2D eigenvalue weighted by molar-refractivity contribution is 6.02. The molecule has 1 heterocycles. The molecule has 1 aromatic heterocycles. The van der Waals surface area contributed by atoms with E-state index in [4.69, 9.17) is 4.42 Å². The zero-order valence-corrected chi connectivity index (χ0v) is 11.6. The molecule has 2 aliphatic rings. The first kappa shape index (κ1) is 12.9. The van der Waals surface area contributed by atoms with Gasteiger partial charge >= 0.3 is 0 Å². The smallest absolute Gasteiger partial charge is 0.173 e. The highest BCUT2D eigenvalue weighted by Crippen LogP contribution is 2.53. The molecule has 104 valence electrons. The number of rotatable bonds is 0. The number of hydrogen-bond donors (Lipinski definition) is 2. The molecule has 0 aromatic carbocycles. The lowest BCUT2D eigenvalue weighted by molar-refractivity contribution is -0.136. The van der Waals surface area contributed by atoms with Gasteiger partial charge in [-0.25, -0.2) is 0 Å². The Balaban J connectivity index is 2.18. The molecule has 2 N–H and O–H groups in total. The summed E-state index contributed by atoms with van der Waals surface area (Å²) in [6, 6.07) is 0. The average Bonchev–Trinajstić information content (AvgIpc) is 2.65. The minimum atomic E-state index is -1.06. The first-order valence-electron chi connectivity index (χ1n) is 6.79. The first-order valence-corrected chi connectivity index (χ1v) is 6.79. The molecule has 1 saturated carbocycles. The van der Waals surface area contributed by atoms with Crippen LogP contribution >= 0.6 is 0 Å². The number of Topliss-reactive ketones (excluding diaryl/α,β-unsaturated/α-hetero) is 1. The summed E-state index contributed by atoms with van der Waals surface area (Å²) in [7, 11) is 0. The van der Waals surface area contributed by atoms with Gasteiger partial charge in [-0.2, -0.15) is 0 Å². The van der Waals surface area contributed by atoms with Crippen molar-refractivity contribution >= 4 is 5.78 Å². The fraction of sp³-hybridized carbons (Fsp3) is 0.667. The van der Waals surface area contributed by atoms with Crippen LogP contribution in [0.25, 0.3) is 0 Å². The SMILES string of the molecule is Cc1coc2c1C(=O)[C@@H]1[C@](C)(C2)[C@@H](O)CC[C@]1(C)O. The molecular weight excluding hydrogens is 244 g/mol. The Labute approximate surface area is 112 Å². The van der Waals surface area contributed by atoms with E-state index in [-0.39, 0.29) is 5.78 Å². The predicted octanol–water partition coefficient (Wildman–Crippen LogP) is 1.86. The van der Waals surface area contributed by atoms with Gasteiger partial charge < -0.3 is 14.6 Å². The van der Waals surface area contributed by atoms with E-state index in [0.29, 0.717) is 30.6 Å². The molecule has 0 aliphatic heterocycles.